The molecule has 3 N–H and O–H groups in total. The highest BCUT2D eigenvalue weighted by atomic mass is 31.2. The van der Waals surface area contributed by atoms with Crippen LogP contribution in [0.1, 0.15) is 42.3 Å². The standard InChI is InChI=1S/C17H19N2O9P/c20-12-5-6-13(21)19(12)28-17(23)18-15-11-4-1-3-10(9-11)14(15)16(22)27-7-2-8-29(24,25)26/h1,3-4,9,14-15H,2,5-8H2,(H,18,23)(H2,24,25,26). The Kier molecular flexibility index (Phi) is 6.02. The maximum absolute atomic E-state index is 12.5. The zero-order valence-electron chi connectivity index (χ0n) is 15.1. The topological polar surface area (TPSA) is 160 Å². The van der Waals surface area contributed by atoms with Crippen molar-refractivity contribution in [1.82, 2.24) is 10.4 Å². The predicted octanol–water partition coefficient (Wildman–Crippen LogP) is 0.726. The maximum Gasteiger partial charge on any atom is 0.432 e. The molecule has 3 rings (SSSR count). The fourth-order valence-corrected chi connectivity index (χ4v) is 3.74. The maximum atomic E-state index is 12.5. The van der Waals surface area contributed by atoms with E-state index in [1.165, 1.54) is 0 Å². The molecule has 1 aliphatic carbocycles. The molecule has 11 nitrogen and oxygen atoms in total. The molecule has 2 aliphatic rings. The van der Waals surface area contributed by atoms with Crippen LogP contribution in [0.5, 0.6) is 0 Å². The average molecular weight is 426 g/mol. The second-order valence-electron chi connectivity index (χ2n) is 6.64. The molecule has 12 heteroatoms. The number of amides is 3. The minimum absolute atomic E-state index is 0.0142. The van der Waals surface area contributed by atoms with E-state index in [2.05, 4.69) is 5.32 Å². The molecule has 1 heterocycles. The van der Waals surface area contributed by atoms with Gasteiger partial charge in [-0.15, -0.1) is 5.06 Å². The van der Waals surface area contributed by atoms with Gasteiger partial charge in [-0.3, -0.25) is 18.9 Å². The van der Waals surface area contributed by atoms with Gasteiger partial charge in [-0.2, -0.15) is 0 Å². The first kappa shape index (κ1) is 21.0. The highest BCUT2D eigenvalue weighted by Gasteiger charge is 2.40. The summed E-state index contributed by atoms with van der Waals surface area (Å²) in [5.74, 6) is -2.83. The number of benzene rings is 1. The Balaban J connectivity index is 1.62. The predicted molar refractivity (Wildman–Crippen MR) is 95.1 cm³/mol. The van der Waals surface area contributed by atoms with E-state index in [9.17, 15) is 23.7 Å². The molecule has 3 amide bonds. The summed E-state index contributed by atoms with van der Waals surface area (Å²) in [6.07, 6.45) is -1.58. The number of hydroxylamine groups is 2. The Labute approximate surface area is 165 Å². The largest absolute Gasteiger partial charge is 0.465 e. The monoisotopic (exact) mass is 426 g/mol. The first-order valence-corrected chi connectivity index (χ1v) is 10.6. The summed E-state index contributed by atoms with van der Waals surface area (Å²) >= 11 is 0. The summed E-state index contributed by atoms with van der Waals surface area (Å²) in [4.78, 5) is 70.3. The third-order valence-electron chi connectivity index (χ3n) is 4.51. The van der Waals surface area contributed by atoms with Crippen molar-refractivity contribution in [2.24, 2.45) is 0 Å². The fraction of sp³-hybridized carbons (Fsp3) is 0.412. The number of hydrogen-bond acceptors (Lipinski definition) is 7. The third-order valence-corrected chi connectivity index (χ3v) is 5.41. The van der Waals surface area contributed by atoms with Gasteiger partial charge in [0.2, 0.25) is 0 Å². The molecule has 156 valence electrons. The summed E-state index contributed by atoms with van der Waals surface area (Å²) < 4.78 is 16.0. The molecule has 1 aromatic carbocycles. The van der Waals surface area contributed by atoms with E-state index >= 15 is 0 Å². The molecule has 1 aliphatic heterocycles. The lowest BCUT2D eigenvalue weighted by atomic mass is 9.98. The summed E-state index contributed by atoms with van der Waals surface area (Å²) in [6.45, 7) is -0.190. The van der Waals surface area contributed by atoms with Crippen LogP contribution in [0, 0.1) is 0 Å². The summed E-state index contributed by atoms with van der Waals surface area (Å²) in [7, 11) is -4.18. The van der Waals surface area contributed by atoms with Crippen molar-refractivity contribution >= 4 is 31.5 Å². The molecular weight excluding hydrogens is 407 g/mol. The van der Waals surface area contributed by atoms with Gasteiger partial charge in [0.15, 0.2) is 0 Å². The van der Waals surface area contributed by atoms with Gasteiger partial charge in [-0.1, -0.05) is 24.3 Å². The minimum Gasteiger partial charge on any atom is -0.465 e. The van der Waals surface area contributed by atoms with Crippen molar-refractivity contribution in [2.75, 3.05) is 12.8 Å². The molecule has 0 radical (unpaired) electrons. The fourth-order valence-electron chi connectivity index (χ4n) is 3.20. The SMILES string of the molecule is O=C(NC1c2cccc(c2)C1C(=O)OCCCP(=O)(O)O)ON1C(=O)CCC1=O. The van der Waals surface area contributed by atoms with E-state index < -0.39 is 49.6 Å². The Hall–Kier alpha value is -2.75. The van der Waals surface area contributed by atoms with E-state index in [4.69, 9.17) is 19.4 Å². The quantitative estimate of drug-likeness (QED) is 0.247. The zero-order chi connectivity index (χ0) is 21.2. The van der Waals surface area contributed by atoms with Crippen molar-refractivity contribution < 1.29 is 43.1 Å². The number of esters is 1. The van der Waals surface area contributed by atoms with Crippen LogP contribution in [-0.4, -0.2) is 51.5 Å². The minimum atomic E-state index is -4.18. The van der Waals surface area contributed by atoms with Crippen LogP contribution in [-0.2, 0) is 28.5 Å². The van der Waals surface area contributed by atoms with E-state index in [0.717, 1.165) is 0 Å². The summed E-state index contributed by atoms with van der Waals surface area (Å²) in [6, 6.07) is 5.90. The van der Waals surface area contributed by atoms with E-state index in [1.54, 1.807) is 24.3 Å². The molecule has 29 heavy (non-hydrogen) atoms. The van der Waals surface area contributed by atoms with Gasteiger partial charge < -0.3 is 24.7 Å². The molecular formula is C17H19N2O9P. The Bertz CT molecular complexity index is 881. The van der Waals surface area contributed by atoms with Gasteiger partial charge in [-0.25, -0.2) is 4.79 Å². The second kappa shape index (κ2) is 8.32. The summed E-state index contributed by atoms with van der Waals surface area (Å²) in [5, 5.41) is 2.87. The van der Waals surface area contributed by atoms with Crippen molar-refractivity contribution in [3.05, 3.63) is 35.4 Å². The molecule has 1 saturated heterocycles. The molecule has 0 spiro atoms. The lowest BCUT2D eigenvalue weighted by molar-refractivity contribution is -0.171. The lowest BCUT2D eigenvalue weighted by Crippen LogP contribution is -2.40. The molecule has 0 saturated carbocycles. The number of nitrogens with one attached hydrogen (secondary N) is 1. The molecule has 2 atom stereocenters. The number of imide groups is 1. The van der Waals surface area contributed by atoms with Crippen LogP contribution in [0.2, 0.25) is 0 Å². The number of carbonyl (C=O) groups excluding carboxylic acids is 4. The first-order valence-electron chi connectivity index (χ1n) is 8.81. The van der Waals surface area contributed by atoms with Gasteiger partial charge in [0.1, 0.15) is 5.92 Å². The molecule has 1 fully saturated rings. The van der Waals surface area contributed by atoms with Crippen molar-refractivity contribution in [2.45, 2.75) is 31.2 Å². The van der Waals surface area contributed by atoms with E-state index in [1.807, 2.05) is 0 Å². The van der Waals surface area contributed by atoms with Crippen molar-refractivity contribution in [3.8, 4) is 0 Å². The first-order chi connectivity index (χ1) is 13.7. The second-order valence-corrected chi connectivity index (χ2v) is 8.42. The van der Waals surface area contributed by atoms with Gasteiger partial charge >= 0.3 is 19.7 Å². The number of rotatable bonds is 7. The molecule has 1 aromatic rings. The molecule has 2 bridgehead atoms. The van der Waals surface area contributed by atoms with Gasteiger partial charge in [0.05, 0.1) is 18.8 Å². The Morgan fingerprint density at radius 2 is 1.83 bits per heavy atom. The average Bonchev–Trinajstić information content (AvgIpc) is 3.08. The number of carbonyl (C=O) groups is 4. The van der Waals surface area contributed by atoms with Gasteiger partial charge in [0.25, 0.3) is 11.8 Å². The zero-order valence-corrected chi connectivity index (χ0v) is 16.0. The number of nitrogens with zero attached hydrogens (tertiary/aromatic N) is 1. The van der Waals surface area contributed by atoms with Crippen LogP contribution in [0.15, 0.2) is 24.3 Å². The smallest absolute Gasteiger partial charge is 0.432 e. The van der Waals surface area contributed by atoms with E-state index in [0.29, 0.717) is 16.2 Å². The number of ether oxygens (including phenoxy) is 1. The normalized spacial score (nSPS) is 20.7. The highest BCUT2D eigenvalue weighted by molar-refractivity contribution is 7.51. The van der Waals surface area contributed by atoms with Gasteiger partial charge in [0, 0.05) is 12.8 Å². The van der Waals surface area contributed by atoms with Crippen LogP contribution in [0.3, 0.4) is 0 Å². The van der Waals surface area contributed by atoms with Crippen LogP contribution >= 0.6 is 7.60 Å². The Morgan fingerprint density at radius 1 is 1.17 bits per heavy atom. The van der Waals surface area contributed by atoms with Crippen LogP contribution < -0.4 is 5.32 Å². The van der Waals surface area contributed by atoms with Crippen LogP contribution in [0.4, 0.5) is 4.79 Å². The number of fused-ring (bicyclic) bond motifs is 2. The highest BCUT2D eigenvalue weighted by Crippen LogP contribution is 2.40. The summed E-state index contributed by atoms with van der Waals surface area (Å²) in [5.41, 5.74) is 1.19. The van der Waals surface area contributed by atoms with Crippen LogP contribution in [0.25, 0.3) is 0 Å². The third kappa shape index (κ3) is 5.00. The molecule has 0 aromatic heterocycles. The van der Waals surface area contributed by atoms with Crippen molar-refractivity contribution in [3.63, 3.8) is 0 Å². The lowest BCUT2D eigenvalue weighted by Gasteiger charge is -2.22. The number of hydrogen-bond donors (Lipinski definition) is 3. The molecule has 2 unspecified atom stereocenters. The van der Waals surface area contributed by atoms with Crippen molar-refractivity contribution in [1.29, 1.82) is 0 Å². The van der Waals surface area contributed by atoms with E-state index in [-0.39, 0.29) is 25.9 Å². The Morgan fingerprint density at radius 3 is 2.48 bits per heavy atom. The van der Waals surface area contributed by atoms with Gasteiger partial charge in [-0.05, 0) is 17.5 Å².